The van der Waals surface area contributed by atoms with E-state index in [0.717, 1.165) is 23.3 Å². The number of hydrogen-bond donors (Lipinski definition) is 0. The third-order valence-electron chi connectivity index (χ3n) is 4.63. The van der Waals surface area contributed by atoms with Gasteiger partial charge in [0, 0.05) is 11.8 Å². The van der Waals surface area contributed by atoms with Crippen LogP contribution in [0, 0.1) is 5.92 Å². The van der Waals surface area contributed by atoms with Crippen molar-refractivity contribution in [3.8, 4) is 5.75 Å². The van der Waals surface area contributed by atoms with E-state index in [4.69, 9.17) is 14.2 Å². The third kappa shape index (κ3) is 2.54. The predicted octanol–water partition coefficient (Wildman–Crippen LogP) is 3.43. The van der Waals surface area contributed by atoms with Crippen molar-refractivity contribution in [2.24, 2.45) is 5.92 Å². The zero-order chi connectivity index (χ0) is 16.5. The number of rotatable bonds is 2. The van der Waals surface area contributed by atoms with E-state index in [1.807, 2.05) is 42.5 Å². The van der Waals surface area contributed by atoms with Gasteiger partial charge in [0.1, 0.15) is 5.75 Å². The van der Waals surface area contributed by atoms with Crippen LogP contribution >= 0.6 is 0 Å². The van der Waals surface area contributed by atoms with Gasteiger partial charge in [-0.05, 0) is 29.7 Å². The molecule has 0 unspecified atom stereocenters. The highest BCUT2D eigenvalue weighted by Gasteiger charge is 2.42. The maximum absolute atomic E-state index is 12.0. The molecule has 4 rings (SSSR count). The van der Waals surface area contributed by atoms with E-state index in [1.165, 1.54) is 7.11 Å². The summed E-state index contributed by atoms with van der Waals surface area (Å²) in [4.78, 5) is 12.0. The van der Waals surface area contributed by atoms with E-state index in [2.05, 4.69) is 18.2 Å². The van der Waals surface area contributed by atoms with Crippen LogP contribution in [0.3, 0.4) is 0 Å². The Balaban J connectivity index is 1.75. The van der Waals surface area contributed by atoms with Crippen LogP contribution in [-0.4, -0.2) is 19.4 Å². The van der Waals surface area contributed by atoms with Gasteiger partial charge in [0.15, 0.2) is 0 Å². The summed E-state index contributed by atoms with van der Waals surface area (Å²) in [6.07, 6.45) is 2.20. The molecular formula is C20H18O4. The lowest BCUT2D eigenvalue weighted by Gasteiger charge is -2.40. The van der Waals surface area contributed by atoms with Crippen LogP contribution in [0.25, 0.3) is 0 Å². The summed E-state index contributed by atoms with van der Waals surface area (Å²) in [7, 11) is 1.35. The molecule has 0 amide bonds. The highest BCUT2D eigenvalue weighted by atomic mass is 16.7. The molecule has 2 heterocycles. The fraction of sp³-hybridized carbons (Fsp3) is 0.250. The standard InChI is InChI=1S/C20H18O4/c1-22-19(21)18-12-15(13-7-3-2-4-8-13)16-11-14-9-5-6-10-17(14)23-20(16)24-18/h2-10,12,15-16,20H,11H2,1H3/t15-,16-,20-/m1/s1. The van der Waals surface area contributed by atoms with Crippen LogP contribution in [0.5, 0.6) is 5.75 Å². The number of ether oxygens (including phenoxy) is 3. The number of benzene rings is 2. The summed E-state index contributed by atoms with van der Waals surface area (Å²) in [6, 6.07) is 18.1. The van der Waals surface area contributed by atoms with Crippen molar-refractivity contribution in [1.82, 2.24) is 0 Å². The molecule has 0 bridgehead atoms. The molecule has 4 heteroatoms. The van der Waals surface area contributed by atoms with Gasteiger partial charge >= 0.3 is 5.97 Å². The quantitative estimate of drug-likeness (QED) is 0.795. The second-order valence-electron chi connectivity index (χ2n) is 6.04. The second-order valence-corrected chi connectivity index (χ2v) is 6.04. The molecule has 4 nitrogen and oxygen atoms in total. The van der Waals surface area contributed by atoms with Crippen molar-refractivity contribution in [3.63, 3.8) is 0 Å². The molecule has 2 aromatic carbocycles. The molecule has 122 valence electrons. The van der Waals surface area contributed by atoms with Gasteiger partial charge < -0.3 is 14.2 Å². The first-order valence-electron chi connectivity index (χ1n) is 8.02. The summed E-state index contributed by atoms with van der Waals surface area (Å²) >= 11 is 0. The molecule has 2 aliphatic rings. The first-order chi connectivity index (χ1) is 11.8. The Morgan fingerprint density at radius 2 is 1.79 bits per heavy atom. The van der Waals surface area contributed by atoms with Gasteiger partial charge in [-0.1, -0.05) is 48.5 Å². The second kappa shape index (κ2) is 6.04. The van der Waals surface area contributed by atoms with Crippen LogP contribution in [0.1, 0.15) is 17.0 Å². The molecule has 0 saturated carbocycles. The van der Waals surface area contributed by atoms with Gasteiger partial charge in [-0.2, -0.15) is 0 Å². The lowest BCUT2D eigenvalue weighted by Crippen LogP contribution is -2.42. The summed E-state index contributed by atoms with van der Waals surface area (Å²) in [6.45, 7) is 0. The Kier molecular flexibility index (Phi) is 3.73. The van der Waals surface area contributed by atoms with Gasteiger partial charge in [0.05, 0.1) is 7.11 Å². The average molecular weight is 322 g/mol. The number of methoxy groups -OCH3 is 1. The molecule has 2 aliphatic heterocycles. The molecule has 0 aliphatic carbocycles. The van der Waals surface area contributed by atoms with Crippen LogP contribution in [0.4, 0.5) is 0 Å². The zero-order valence-corrected chi connectivity index (χ0v) is 13.3. The Morgan fingerprint density at radius 1 is 1.04 bits per heavy atom. The average Bonchev–Trinajstić information content (AvgIpc) is 2.65. The Bertz CT molecular complexity index is 781. The van der Waals surface area contributed by atoms with Gasteiger partial charge in [-0.15, -0.1) is 0 Å². The van der Waals surface area contributed by atoms with E-state index in [1.54, 1.807) is 0 Å². The summed E-state index contributed by atoms with van der Waals surface area (Å²) in [5.74, 6) is 0.698. The number of allylic oxidation sites excluding steroid dienone is 1. The lowest BCUT2D eigenvalue weighted by atomic mass is 9.78. The van der Waals surface area contributed by atoms with Crippen LogP contribution < -0.4 is 4.74 Å². The summed E-state index contributed by atoms with van der Waals surface area (Å²) in [5, 5.41) is 0. The number of hydrogen-bond acceptors (Lipinski definition) is 4. The number of fused-ring (bicyclic) bond motifs is 2. The number of carbonyl (C=O) groups is 1. The van der Waals surface area contributed by atoms with Crippen molar-refractivity contribution in [2.45, 2.75) is 18.6 Å². The maximum Gasteiger partial charge on any atom is 0.373 e. The van der Waals surface area contributed by atoms with Crippen LogP contribution in [-0.2, 0) is 20.7 Å². The third-order valence-corrected chi connectivity index (χ3v) is 4.63. The van der Waals surface area contributed by atoms with E-state index in [-0.39, 0.29) is 17.6 Å². The monoisotopic (exact) mass is 322 g/mol. The van der Waals surface area contributed by atoms with Crippen molar-refractivity contribution in [3.05, 3.63) is 77.6 Å². The normalized spacial score (nSPS) is 24.5. The first kappa shape index (κ1) is 14.8. The van der Waals surface area contributed by atoms with Gasteiger partial charge in [-0.3, -0.25) is 0 Å². The first-order valence-corrected chi connectivity index (χ1v) is 8.02. The fourth-order valence-corrected chi connectivity index (χ4v) is 3.44. The lowest BCUT2D eigenvalue weighted by molar-refractivity contribution is -0.154. The van der Waals surface area contributed by atoms with Crippen molar-refractivity contribution >= 4 is 5.97 Å². The van der Waals surface area contributed by atoms with Crippen molar-refractivity contribution in [2.75, 3.05) is 7.11 Å². The summed E-state index contributed by atoms with van der Waals surface area (Å²) < 4.78 is 16.7. The van der Waals surface area contributed by atoms with E-state index in [9.17, 15) is 4.79 Å². The summed E-state index contributed by atoms with van der Waals surface area (Å²) in [5.41, 5.74) is 2.30. The Hall–Kier alpha value is -2.75. The van der Waals surface area contributed by atoms with E-state index in [0.29, 0.717) is 0 Å². The van der Waals surface area contributed by atoms with Gasteiger partial charge in [0.25, 0.3) is 0 Å². The van der Waals surface area contributed by atoms with Crippen molar-refractivity contribution < 1.29 is 19.0 Å². The Morgan fingerprint density at radius 3 is 2.58 bits per heavy atom. The van der Waals surface area contributed by atoms with E-state index < -0.39 is 12.3 Å². The molecule has 3 atom stereocenters. The largest absolute Gasteiger partial charge is 0.463 e. The maximum atomic E-state index is 12.0. The molecule has 0 fully saturated rings. The van der Waals surface area contributed by atoms with Crippen LogP contribution in [0.2, 0.25) is 0 Å². The molecular weight excluding hydrogens is 304 g/mol. The van der Waals surface area contributed by atoms with E-state index >= 15 is 0 Å². The van der Waals surface area contributed by atoms with Gasteiger partial charge in [0.2, 0.25) is 12.0 Å². The molecule has 0 N–H and O–H groups in total. The highest BCUT2D eigenvalue weighted by molar-refractivity contribution is 5.86. The highest BCUT2D eigenvalue weighted by Crippen LogP contribution is 2.43. The minimum Gasteiger partial charge on any atom is -0.463 e. The Labute approximate surface area is 140 Å². The minimum absolute atomic E-state index is 0.0346. The number of carbonyl (C=O) groups excluding carboxylic acids is 1. The molecule has 0 spiro atoms. The number of para-hydroxylation sites is 1. The molecule has 2 aromatic rings. The number of esters is 1. The molecule has 24 heavy (non-hydrogen) atoms. The zero-order valence-electron chi connectivity index (χ0n) is 13.3. The molecule has 0 aromatic heterocycles. The predicted molar refractivity (Wildman–Crippen MR) is 88.4 cm³/mol. The smallest absolute Gasteiger partial charge is 0.373 e. The fourth-order valence-electron chi connectivity index (χ4n) is 3.44. The molecule has 0 radical (unpaired) electrons. The minimum atomic E-state index is -0.496. The SMILES string of the molecule is COC(=O)C1=C[C@H](c2ccccc2)[C@H]2Cc3ccccc3O[C@@H]2O1. The topological polar surface area (TPSA) is 44.8 Å². The molecule has 0 saturated heterocycles. The van der Waals surface area contributed by atoms with Crippen molar-refractivity contribution in [1.29, 1.82) is 0 Å². The van der Waals surface area contributed by atoms with Gasteiger partial charge in [-0.25, -0.2) is 4.79 Å². The van der Waals surface area contributed by atoms with Crippen LogP contribution in [0.15, 0.2) is 66.4 Å².